The highest BCUT2D eigenvalue weighted by atomic mass is 35.5. The van der Waals surface area contributed by atoms with Crippen molar-refractivity contribution in [2.75, 3.05) is 6.61 Å². The Morgan fingerprint density at radius 2 is 2.42 bits per heavy atom. The van der Waals surface area contributed by atoms with Gasteiger partial charge in [-0.25, -0.2) is 0 Å². The highest BCUT2D eigenvalue weighted by Crippen LogP contribution is 2.16. The predicted octanol–water partition coefficient (Wildman–Crippen LogP) is 3.11. The molecule has 0 aromatic rings. The van der Waals surface area contributed by atoms with Crippen molar-refractivity contribution >= 4 is 11.6 Å². The lowest BCUT2D eigenvalue weighted by Gasteiger charge is -2.16. The van der Waals surface area contributed by atoms with Crippen LogP contribution in [0.4, 0.5) is 0 Å². The van der Waals surface area contributed by atoms with Crippen LogP contribution in [0, 0.1) is 5.92 Å². The molecule has 2 heteroatoms. The standard InChI is InChI=1S/C10H15ClO/c1-8(2)7-12-10-5-3-9(11)4-6-10/h3-5,8,10H,6-7H2,1-2H3. The molecule has 0 aromatic heterocycles. The Morgan fingerprint density at radius 3 is 2.92 bits per heavy atom. The van der Waals surface area contributed by atoms with E-state index in [0.29, 0.717) is 5.92 Å². The maximum atomic E-state index is 5.76. The number of rotatable bonds is 3. The molecule has 0 saturated heterocycles. The summed E-state index contributed by atoms with van der Waals surface area (Å²) in [5, 5.41) is 0.819. The van der Waals surface area contributed by atoms with Gasteiger partial charge in [0.1, 0.15) is 0 Å². The third-order valence-corrected chi connectivity index (χ3v) is 1.94. The summed E-state index contributed by atoms with van der Waals surface area (Å²) in [5.41, 5.74) is 0. The highest BCUT2D eigenvalue weighted by Gasteiger charge is 2.08. The first-order valence-corrected chi connectivity index (χ1v) is 4.71. The van der Waals surface area contributed by atoms with Crippen LogP contribution in [0.25, 0.3) is 0 Å². The number of ether oxygens (including phenoxy) is 1. The van der Waals surface area contributed by atoms with Crippen LogP contribution >= 0.6 is 11.6 Å². The third kappa shape index (κ3) is 3.42. The summed E-state index contributed by atoms with van der Waals surface area (Å²) in [4.78, 5) is 0. The molecule has 0 N–H and O–H groups in total. The van der Waals surface area contributed by atoms with Gasteiger partial charge < -0.3 is 4.74 Å². The molecule has 0 heterocycles. The molecule has 1 aliphatic rings. The molecule has 0 aliphatic heterocycles. The van der Waals surface area contributed by atoms with Gasteiger partial charge >= 0.3 is 0 Å². The van der Waals surface area contributed by atoms with Gasteiger partial charge in [0, 0.05) is 11.6 Å². The molecular formula is C10H15ClO. The fourth-order valence-corrected chi connectivity index (χ4v) is 1.18. The topological polar surface area (TPSA) is 9.23 Å². The minimum atomic E-state index is 0.231. The Kier molecular flexibility index (Phi) is 3.83. The highest BCUT2D eigenvalue weighted by molar-refractivity contribution is 6.31. The lowest BCUT2D eigenvalue weighted by molar-refractivity contribution is 0.0663. The quantitative estimate of drug-likeness (QED) is 0.658. The summed E-state index contributed by atoms with van der Waals surface area (Å²) in [5.74, 6) is 0.597. The van der Waals surface area contributed by atoms with Crippen LogP contribution in [0.3, 0.4) is 0 Å². The van der Waals surface area contributed by atoms with Crippen molar-refractivity contribution in [3.63, 3.8) is 0 Å². The van der Waals surface area contributed by atoms with Gasteiger partial charge in [-0.05, 0) is 18.4 Å². The van der Waals surface area contributed by atoms with Crippen molar-refractivity contribution in [1.29, 1.82) is 0 Å². The molecule has 1 atom stereocenters. The molecule has 0 spiro atoms. The van der Waals surface area contributed by atoms with E-state index in [-0.39, 0.29) is 6.10 Å². The zero-order chi connectivity index (χ0) is 8.97. The van der Waals surface area contributed by atoms with E-state index in [2.05, 4.69) is 13.8 Å². The Morgan fingerprint density at radius 1 is 1.67 bits per heavy atom. The van der Waals surface area contributed by atoms with Crippen molar-refractivity contribution < 1.29 is 4.74 Å². The van der Waals surface area contributed by atoms with Gasteiger partial charge in [0.2, 0.25) is 0 Å². The van der Waals surface area contributed by atoms with Crippen molar-refractivity contribution in [2.24, 2.45) is 5.92 Å². The van der Waals surface area contributed by atoms with Crippen LogP contribution in [0.2, 0.25) is 0 Å². The van der Waals surface area contributed by atoms with E-state index in [9.17, 15) is 0 Å². The van der Waals surface area contributed by atoms with E-state index in [0.717, 1.165) is 18.1 Å². The van der Waals surface area contributed by atoms with Crippen LogP contribution < -0.4 is 0 Å². The fourth-order valence-electron chi connectivity index (χ4n) is 1.01. The lowest BCUT2D eigenvalue weighted by Crippen LogP contribution is -2.14. The second kappa shape index (κ2) is 4.68. The molecular weight excluding hydrogens is 172 g/mol. The van der Waals surface area contributed by atoms with Crippen LogP contribution in [-0.4, -0.2) is 12.7 Å². The van der Waals surface area contributed by atoms with Gasteiger partial charge in [0.05, 0.1) is 6.10 Å². The van der Waals surface area contributed by atoms with Gasteiger partial charge in [-0.2, -0.15) is 0 Å². The van der Waals surface area contributed by atoms with Gasteiger partial charge in [-0.3, -0.25) is 0 Å². The number of hydrogen-bond donors (Lipinski definition) is 0. The summed E-state index contributed by atoms with van der Waals surface area (Å²) in [6, 6.07) is 0. The average molecular weight is 187 g/mol. The zero-order valence-electron chi connectivity index (χ0n) is 7.59. The lowest BCUT2D eigenvalue weighted by atomic mass is 10.1. The molecule has 1 nitrogen and oxygen atoms in total. The maximum absolute atomic E-state index is 5.76. The SMILES string of the molecule is CC(C)COC1C=CC(Cl)=CC1. The monoisotopic (exact) mass is 186 g/mol. The summed E-state index contributed by atoms with van der Waals surface area (Å²) in [6.07, 6.45) is 7.05. The predicted molar refractivity (Wildman–Crippen MR) is 52.3 cm³/mol. The van der Waals surface area contributed by atoms with E-state index in [4.69, 9.17) is 16.3 Å². The largest absolute Gasteiger partial charge is 0.374 e. The number of halogens is 1. The molecule has 0 saturated carbocycles. The normalized spacial score (nSPS) is 23.0. The number of hydrogen-bond acceptors (Lipinski definition) is 1. The van der Waals surface area contributed by atoms with Gasteiger partial charge in [0.25, 0.3) is 0 Å². The first-order chi connectivity index (χ1) is 5.68. The molecule has 0 radical (unpaired) electrons. The Bertz CT molecular complexity index is 194. The van der Waals surface area contributed by atoms with Crippen LogP contribution in [0.1, 0.15) is 20.3 Å². The molecule has 0 amide bonds. The maximum Gasteiger partial charge on any atom is 0.0794 e. The Labute approximate surface area is 79.1 Å². The average Bonchev–Trinajstić information content (AvgIpc) is 2.03. The minimum absolute atomic E-state index is 0.231. The second-order valence-electron chi connectivity index (χ2n) is 3.45. The van der Waals surface area contributed by atoms with Crippen molar-refractivity contribution in [2.45, 2.75) is 26.4 Å². The molecule has 1 unspecified atom stereocenters. The molecule has 1 aliphatic carbocycles. The van der Waals surface area contributed by atoms with Gasteiger partial charge in [0.15, 0.2) is 0 Å². The van der Waals surface area contributed by atoms with Gasteiger partial charge in [-0.15, -0.1) is 0 Å². The van der Waals surface area contributed by atoms with Gasteiger partial charge in [-0.1, -0.05) is 37.6 Å². The van der Waals surface area contributed by atoms with E-state index >= 15 is 0 Å². The van der Waals surface area contributed by atoms with Crippen LogP contribution in [0.5, 0.6) is 0 Å². The molecule has 12 heavy (non-hydrogen) atoms. The Balaban J connectivity index is 2.25. The van der Waals surface area contributed by atoms with E-state index in [1.807, 2.05) is 18.2 Å². The molecule has 0 fully saturated rings. The molecule has 0 bridgehead atoms. The molecule has 1 rings (SSSR count). The van der Waals surface area contributed by atoms with Crippen LogP contribution in [0.15, 0.2) is 23.3 Å². The summed E-state index contributed by atoms with van der Waals surface area (Å²) in [7, 11) is 0. The van der Waals surface area contributed by atoms with E-state index in [1.165, 1.54) is 0 Å². The van der Waals surface area contributed by atoms with Crippen molar-refractivity contribution in [1.82, 2.24) is 0 Å². The Hall–Kier alpha value is -0.270. The molecule has 0 aromatic carbocycles. The first kappa shape index (κ1) is 9.82. The summed E-state index contributed by atoms with van der Waals surface area (Å²) < 4.78 is 5.60. The fraction of sp³-hybridized carbons (Fsp3) is 0.600. The summed E-state index contributed by atoms with van der Waals surface area (Å²) >= 11 is 5.76. The first-order valence-electron chi connectivity index (χ1n) is 4.34. The minimum Gasteiger partial charge on any atom is -0.374 e. The van der Waals surface area contributed by atoms with E-state index in [1.54, 1.807) is 0 Å². The summed E-state index contributed by atoms with van der Waals surface area (Å²) in [6.45, 7) is 5.12. The zero-order valence-corrected chi connectivity index (χ0v) is 8.34. The molecule has 68 valence electrons. The van der Waals surface area contributed by atoms with Crippen LogP contribution in [-0.2, 0) is 4.74 Å². The van der Waals surface area contributed by atoms with Crippen molar-refractivity contribution in [3.05, 3.63) is 23.3 Å². The number of allylic oxidation sites excluding steroid dienone is 2. The van der Waals surface area contributed by atoms with Crippen molar-refractivity contribution in [3.8, 4) is 0 Å². The van der Waals surface area contributed by atoms with E-state index < -0.39 is 0 Å². The second-order valence-corrected chi connectivity index (χ2v) is 3.89. The smallest absolute Gasteiger partial charge is 0.0794 e. The third-order valence-electron chi connectivity index (χ3n) is 1.66.